The third kappa shape index (κ3) is 3.23. The molecule has 104 valence electrons. The molecule has 0 bridgehead atoms. The van der Waals surface area contributed by atoms with Crippen LogP contribution in [0.25, 0.3) is 0 Å². The Balaban J connectivity index is 2.11. The summed E-state index contributed by atoms with van der Waals surface area (Å²) in [6.07, 6.45) is 1.57. The Bertz CT molecular complexity index is 609. The molecule has 0 radical (unpaired) electrons. The smallest absolute Gasteiger partial charge is 0.171 e. The van der Waals surface area contributed by atoms with E-state index >= 15 is 0 Å². The molecule has 2 rings (SSSR count). The second-order valence-electron chi connectivity index (χ2n) is 4.52. The van der Waals surface area contributed by atoms with E-state index in [1.54, 1.807) is 12.3 Å². The van der Waals surface area contributed by atoms with Gasteiger partial charge in [0.1, 0.15) is 5.82 Å². The van der Waals surface area contributed by atoms with Crippen LogP contribution in [0.15, 0.2) is 41.7 Å². The number of anilines is 1. The predicted molar refractivity (Wildman–Crippen MR) is 77.8 cm³/mol. The Morgan fingerprint density at radius 1 is 1.35 bits per heavy atom. The van der Waals surface area contributed by atoms with Gasteiger partial charge in [0.2, 0.25) is 0 Å². The van der Waals surface area contributed by atoms with Gasteiger partial charge in [-0.3, -0.25) is 4.98 Å². The first kappa shape index (κ1) is 13.8. The van der Waals surface area contributed by atoms with Gasteiger partial charge in [0.05, 0.1) is 12.2 Å². The van der Waals surface area contributed by atoms with Crippen molar-refractivity contribution in [1.29, 1.82) is 0 Å². The van der Waals surface area contributed by atoms with E-state index in [-0.39, 0.29) is 5.84 Å². The molecule has 0 aliphatic heterocycles. The summed E-state index contributed by atoms with van der Waals surface area (Å²) in [6, 6.07) is 9.52. The van der Waals surface area contributed by atoms with Crippen LogP contribution in [0.5, 0.6) is 0 Å². The van der Waals surface area contributed by atoms with Crippen molar-refractivity contribution in [1.82, 2.24) is 9.97 Å². The fourth-order valence-electron chi connectivity index (χ4n) is 1.83. The maximum atomic E-state index is 8.60. The first-order valence-electron chi connectivity index (χ1n) is 6.18. The summed E-state index contributed by atoms with van der Waals surface area (Å²) in [5.74, 6) is 0.842. The van der Waals surface area contributed by atoms with E-state index in [1.165, 1.54) is 0 Å². The molecule has 2 aromatic heterocycles. The van der Waals surface area contributed by atoms with E-state index < -0.39 is 0 Å². The third-order valence-corrected chi connectivity index (χ3v) is 2.89. The lowest BCUT2D eigenvalue weighted by Crippen LogP contribution is -2.19. The molecule has 0 saturated heterocycles. The number of aromatic nitrogens is 2. The maximum Gasteiger partial charge on any atom is 0.171 e. The maximum absolute atomic E-state index is 8.60. The summed E-state index contributed by atoms with van der Waals surface area (Å²) in [5.41, 5.74) is 8.05. The lowest BCUT2D eigenvalue weighted by Gasteiger charge is -2.18. The van der Waals surface area contributed by atoms with Crippen molar-refractivity contribution >= 4 is 11.7 Å². The molecular weight excluding hydrogens is 254 g/mol. The van der Waals surface area contributed by atoms with Crippen LogP contribution in [0.1, 0.15) is 17.0 Å². The Kier molecular flexibility index (Phi) is 4.14. The molecule has 0 amide bonds. The van der Waals surface area contributed by atoms with Gasteiger partial charge < -0.3 is 15.8 Å². The number of rotatable bonds is 4. The number of nitrogens with zero attached hydrogens (tertiary/aromatic N) is 4. The quantitative estimate of drug-likeness (QED) is 0.381. The molecule has 0 unspecified atom stereocenters. The number of hydrogen-bond acceptors (Lipinski definition) is 5. The van der Waals surface area contributed by atoms with Gasteiger partial charge in [-0.15, -0.1) is 0 Å². The van der Waals surface area contributed by atoms with Gasteiger partial charge >= 0.3 is 0 Å². The molecule has 0 aliphatic carbocycles. The van der Waals surface area contributed by atoms with Crippen LogP contribution in [0.2, 0.25) is 0 Å². The van der Waals surface area contributed by atoms with Crippen LogP contribution in [0, 0.1) is 6.92 Å². The van der Waals surface area contributed by atoms with E-state index in [9.17, 15) is 0 Å². The second-order valence-corrected chi connectivity index (χ2v) is 4.52. The predicted octanol–water partition coefficient (Wildman–Crippen LogP) is 1.52. The van der Waals surface area contributed by atoms with Crippen molar-refractivity contribution < 1.29 is 5.21 Å². The van der Waals surface area contributed by atoms with E-state index in [0.29, 0.717) is 12.1 Å². The molecule has 2 aromatic rings. The minimum Gasteiger partial charge on any atom is -0.409 e. The first-order valence-corrected chi connectivity index (χ1v) is 6.18. The molecule has 0 aliphatic rings. The SMILES string of the molecule is Cc1cccc(CN(C)c2ccc(/C(N)=N/O)cn2)n1. The van der Waals surface area contributed by atoms with Gasteiger partial charge in [0.15, 0.2) is 5.84 Å². The molecule has 3 N–H and O–H groups in total. The summed E-state index contributed by atoms with van der Waals surface area (Å²) in [6.45, 7) is 2.63. The number of aryl methyl sites for hydroxylation is 1. The lowest BCUT2D eigenvalue weighted by molar-refractivity contribution is 0.318. The molecule has 2 heterocycles. The van der Waals surface area contributed by atoms with Crippen molar-refractivity contribution in [2.75, 3.05) is 11.9 Å². The molecule has 6 nitrogen and oxygen atoms in total. The summed E-state index contributed by atoms with van der Waals surface area (Å²) >= 11 is 0. The number of hydrogen-bond donors (Lipinski definition) is 2. The summed E-state index contributed by atoms with van der Waals surface area (Å²) in [7, 11) is 1.94. The zero-order chi connectivity index (χ0) is 14.5. The minimum atomic E-state index is 0.0482. The summed E-state index contributed by atoms with van der Waals surface area (Å²) in [5, 5.41) is 11.5. The van der Waals surface area contributed by atoms with Crippen molar-refractivity contribution in [2.24, 2.45) is 10.9 Å². The van der Waals surface area contributed by atoms with Crippen LogP contribution < -0.4 is 10.6 Å². The average Bonchev–Trinajstić information content (AvgIpc) is 2.46. The zero-order valence-corrected chi connectivity index (χ0v) is 11.5. The molecule has 0 fully saturated rings. The average molecular weight is 271 g/mol. The second kappa shape index (κ2) is 6.01. The van der Waals surface area contributed by atoms with Gasteiger partial charge in [-0.25, -0.2) is 4.98 Å². The van der Waals surface area contributed by atoms with Gasteiger partial charge in [-0.05, 0) is 31.2 Å². The number of oxime groups is 1. The van der Waals surface area contributed by atoms with Crippen molar-refractivity contribution in [3.63, 3.8) is 0 Å². The van der Waals surface area contributed by atoms with Crippen LogP contribution in [-0.2, 0) is 6.54 Å². The van der Waals surface area contributed by atoms with Crippen LogP contribution in [0.4, 0.5) is 5.82 Å². The monoisotopic (exact) mass is 271 g/mol. The number of amidine groups is 1. The van der Waals surface area contributed by atoms with E-state index in [0.717, 1.165) is 17.2 Å². The van der Waals surface area contributed by atoms with Gasteiger partial charge in [-0.2, -0.15) is 0 Å². The molecule has 20 heavy (non-hydrogen) atoms. The molecule has 6 heteroatoms. The topological polar surface area (TPSA) is 87.6 Å². The largest absolute Gasteiger partial charge is 0.409 e. The molecular formula is C14H17N5O. The Morgan fingerprint density at radius 3 is 2.75 bits per heavy atom. The summed E-state index contributed by atoms with van der Waals surface area (Å²) < 4.78 is 0. The fourth-order valence-corrected chi connectivity index (χ4v) is 1.83. The molecule has 0 atom stereocenters. The van der Waals surface area contributed by atoms with E-state index in [1.807, 2.05) is 43.1 Å². The Morgan fingerprint density at radius 2 is 2.15 bits per heavy atom. The van der Waals surface area contributed by atoms with Crippen LogP contribution in [0.3, 0.4) is 0 Å². The highest BCUT2D eigenvalue weighted by Gasteiger charge is 2.06. The Labute approximate surface area is 117 Å². The van der Waals surface area contributed by atoms with Crippen LogP contribution in [-0.4, -0.2) is 28.1 Å². The number of pyridine rings is 2. The highest BCUT2D eigenvalue weighted by Crippen LogP contribution is 2.12. The van der Waals surface area contributed by atoms with Gasteiger partial charge in [0, 0.05) is 24.5 Å². The third-order valence-electron chi connectivity index (χ3n) is 2.89. The normalized spacial score (nSPS) is 11.4. The number of nitrogens with two attached hydrogens (primary N) is 1. The zero-order valence-electron chi connectivity index (χ0n) is 11.5. The highest BCUT2D eigenvalue weighted by atomic mass is 16.4. The van der Waals surface area contributed by atoms with Gasteiger partial charge in [0.25, 0.3) is 0 Å². The molecule has 0 aromatic carbocycles. The van der Waals surface area contributed by atoms with Crippen molar-refractivity contribution in [3.8, 4) is 0 Å². The molecule has 0 spiro atoms. The van der Waals surface area contributed by atoms with Crippen molar-refractivity contribution in [3.05, 3.63) is 53.5 Å². The van der Waals surface area contributed by atoms with Gasteiger partial charge in [-0.1, -0.05) is 11.2 Å². The first-order chi connectivity index (χ1) is 9.60. The van der Waals surface area contributed by atoms with Crippen molar-refractivity contribution in [2.45, 2.75) is 13.5 Å². The van der Waals surface area contributed by atoms with Crippen LogP contribution >= 0.6 is 0 Å². The lowest BCUT2D eigenvalue weighted by atomic mass is 10.2. The van der Waals surface area contributed by atoms with E-state index in [2.05, 4.69) is 15.1 Å². The molecule has 0 saturated carbocycles. The summed E-state index contributed by atoms with van der Waals surface area (Å²) in [4.78, 5) is 10.7. The van der Waals surface area contributed by atoms with E-state index in [4.69, 9.17) is 10.9 Å². The highest BCUT2D eigenvalue weighted by molar-refractivity contribution is 5.96. The Hall–Kier alpha value is -2.63. The minimum absolute atomic E-state index is 0.0482. The standard InChI is InChI=1S/C14H17N5O/c1-10-4-3-5-12(17-10)9-19(2)13-7-6-11(8-16-13)14(15)18-20/h3-8,20H,9H2,1-2H3,(H2,15,18). The fraction of sp³-hybridized carbons (Fsp3) is 0.214.